The van der Waals surface area contributed by atoms with Crippen LogP contribution in [0.3, 0.4) is 0 Å². The first-order valence-corrected chi connectivity index (χ1v) is 16.8. The highest BCUT2D eigenvalue weighted by Crippen LogP contribution is 2.44. The first kappa shape index (κ1) is 32.8. The third-order valence-electron chi connectivity index (χ3n) is 8.75. The van der Waals surface area contributed by atoms with Crippen LogP contribution in [0.5, 0.6) is 17.2 Å². The van der Waals surface area contributed by atoms with Crippen LogP contribution in [0.4, 0.5) is 5.82 Å². The standard InChI is InChI=1S/C31H44N6O7S/c1-7-35-13-14-37(45(39,40)30-20(2)34-44-21(30)3)12-10-27(38)32-17-22-9-8-11-36(18-22)31-23(19-35)15-24-25(33-31)16-26(41-4)29(43-6)28(24)42-5/h15-16,22H,7-14,17-19H2,1-6H3,(H,32,38). The van der Waals surface area contributed by atoms with Crippen molar-refractivity contribution in [2.75, 3.05) is 72.0 Å². The number of carbonyl (C=O) groups is 1. The second kappa shape index (κ2) is 13.8. The molecular weight excluding hydrogens is 600 g/mol. The van der Waals surface area contributed by atoms with Crippen LogP contribution in [0.2, 0.25) is 0 Å². The number of methoxy groups -OCH3 is 3. The number of amides is 1. The molecule has 0 saturated carbocycles. The summed E-state index contributed by atoms with van der Waals surface area (Å²) < 4.78 is 51.4. The number of aryl methyl sites for hydroxylation is 2. The zero-order valence-corrected chi connectivity index (χ0v) is 27.8. The molecule has 0 spiro atoms. The number of sulfonamides is 1. The Labute approximate surface area is 264 Å². The Morgan fingerprint density at radius 1 is 1.04 bits per heavy atom. The monoisotopic (exact) mass is 644 g/mol. The molecule has 1 atom stereocenters. The van der Waals surface area contributed by atoms with Gasteiger partial charge in [-0.25, -0.2) is 13.4 Å². The molecule has 45 heavy (non-hydrogen) atoms. The minimum Gasteiger partial charge on any atom is -0.493 e. The molecular formula is C31H44N6O7S. The SMILES string of the molecule is CCN1CCN(S(=O)(=O)c2c(C)noc2C)CCC(=O)NCC2CCCN(C2)c2nc3cc(OC)c(OC)c(OC)c3cc2C1. The molecule has 0 aliphatic carbocycles. The van der Waals surface area contributed by atoms with E-state index in [1.54, 1.807) is 35.2 Å². The summed E-state index contributed by atoms with van der Waals surface area (Å²) in [5.41, 5.74) is 2.01. The van der Waals surface area contributed by atoms with Gasteiger partial charge in [0.15, 0.2) is 17.3 Å². The maximum atomic E-state index is 13.9. The lowest BCUT2D eigenvalue weighted by Gasteiger charge is -2.35. The Balaban J connectivity index is 1.58. The van der Waals surface area contributed by atoms with Crippen molar-refractivity contribution in [3.8, 4) is 17.2 Å². The molecule has 0 radical (unpaired) electrons. The number of rotatable bonds is 6. The Morgan fingerprint density at radius 2 is 1.82 bits per heavy atom. The van der Waals surface area contributed by atoms with Gasteiger partial charge in [0.05, 0.1) is 26.8 Å². The highest BCUT2D eigenvalue weighted by Gasteiger charge is 2.32. The molecule has 13 nitrogen and oxygen atoms in total. The molecule has 3 aromatic rings. The maximum absolute atomic E-state index is 13.9. The molecule has 2 aromatic heterocycles. The summed E-state index contributed by atoms with van der Waals surface area (Å²) >= 11 is 0. The van der Waals surface area contributed by atoms with E-state index in [4.69, 9.17) is 23.7 Å². The van der Waals surface area contributed by atoms with Crippen LogP contribution in [0.15, 0.2) is 21.6 Å². The zero-order chi connectivity index (χ0) is 32.3. The number of pyridine rings is 1. The van der Waals surface area contributed by atoms with Crippen LogP contribution >= 0.6 is 0 Å². The van der Waals surface area contributed by atoms with E-state index in [0.29, 0.717) is 49.1 Å². The summed E-state index contributed by atoms with van der Waals surface area (Å²) in [4.78, 5) is 22.7. The van der Waals surface area contributed by atoms with Gasteiger partial charge in [-0.05, 0) is 45.2 Å². The number of benzene rings is 1. The van der Waals surface area contributed by atoms with Gasteiger partial charge < -0.3 is 29.0 Å². The Morgan fingerprint density at radius 3 is 2.49 bits per heavy atom. The normalized spacial score (nSPS) is 19.4. The van der Waals surface area contributed by atoms with Crippen LogP contribution in [-0.2, 0) is 21.4 Å². The lowest BCUT2D eigenvalue weighted by atomic mass is 9.97. The van der Waals surface area contributed by atoms with Crippen molar-refractivity contribution in [2.24, 2.45) is 5.92 Å². The molecule has 2 aliphatic rings. The summed E-state index contributed by atoms with van der Waals surface area (Å²) in [7, 11) is 0.797. The van der Waals surface area contributed by atoms with Crippen molar-refractivity contribution in [2.45, 2.75) is 51.5 Å². The van der Waals surface area contributed by atoms with Crippen molar-refractivity contribution in [3.05, 3.63) is 29.2 Å². The van der Waals surface area contributed by atoms with Crippen LogP contribution in [0.1, 0.15) is 43.2 Å². The van der Waals surface area contributed by atoms with Gasteiger partial charge in [0.1, 0.15) is 16.4 Å². The summed E-state index contributed by atoms with van der Waals surface area (Å²) in [5.74, 6) is 2.70. The fourth-order valence-corrected chi connectivity index (χ4v) is 8.10. The van der Waals surface area contributed by atoms with E-state index >= 15 is 0 Å². The van der Waals surface area contributed by atoms with Gasteiger partial charge in [-0.1, -0.05) is 12.1 Å². The van der Waals surface area contributed by atoms with Crippen molar-refractivity contribution in [1.82, 2.24) is 24.7 Å². The Hall–Kier alpha value is -3.62. The van der Waals surface area contributed by atoms with Gasteiger partial charge in [0.25, 0.3) is 0 Å². The predicted octanol–water partition coefficient (Wildman–Crippen LogP) is 3.11. The molecule has 246 valence electrons. The summed E-state index contributed by atoms with van der Waals surface area (Å²) in [6.07, 6.45) is 2.00. The minimum atomic E-state index is -3.97. The fourth-order valence-electron chi connectivity index (χ4n) is 6.38. The number of hydrogen-bond donors (Lipinski definition) is 1. The van der Waals surface area contributed by atoms with Crippen LogP contribution < -0.4 is 24.4 Å². The van der Waals surface area contributed by atoms with Gasteiger partial charge in [-0.3, -0.25) is 9.69 Å². The number of fused-ring (bicyclic) bond motifs is 5. The molecule has 1 unspecified atom stereocenters. The zero-order valence-electron chi connectivity index (χ0n) is 27.0. The summed E-state index contributed by atoms with van der Waals surface area (Å²) in [5, 5.41) is 7.72. The minimum absolute atomic E-state index is 0.0498. The Kier molecular flexibility index (Phi) is 10.0. The van der Waals surface area contributed by atoms with Crippen molar-refractivity contribution in [3.63, 3.8) is 0 Å². The van der Waals surface area contributed by atoms with Crippen LogP contribution in [0.25, 0.3) is 10.9 Å². The van der Waals surface area contributed by atoms with E-state index < -0.39 is 10.0 Å². The molecule has 1 amide bonds. The molecule has 4 heterocycles. The van der Waals surface area contributed by atoms with Crippen molar-refractivity contribution >= 4 is 32.7 Å². The van der Waals surface area contributed by atoms with E-state index in [9.17, 15) is 13.2 Å². The maximum Gasteiger partial charge on any atom is 0.248 e. The summed E-state index contributed by atoms with van der Waals surface area (Å²) in [6.45, 7) is 9.22. The largest absolute Gasteiger partial charge is 0.493 e. The molecule has 1 N–H and O–H groups in total. The number of nitrogens with one attached hydrogen (secondary N) is 1. The number of nitrogens with zero attached hydrogens (tertiary/aromatic N) is 5. The van der Waals surface area contributed by atoms with Crippen molar-refractivity contribution < 1.29 is 31.9 Å². The van der Waals surface area contributed by atoms with Gasteiger partial charge in [-0.2, -0.15) is 4.31 Å². The quantitative estimate of drug-likeness (QED) is 0.423. The number of hydrogen-bond acceptors (Lipinski definition) is 11. The fraction of sp³-hybridized carbons (Fsp3) is 0.581. The molecule has 14 heteroatoms. The number of piperidine rings is 1. The van der Waals surface area contributed by atoms with E-state index in [1.165, 1.54) is 4.31 Å². The van der Waals surface area contributed by atoms with E-state index in [0.717, 1.165) is 48.2 Å². The Bertz CT molecular complexity index is 1620. The van der Waals surface area contributed by atoms with Gasteiger partial charge in [-0.15, -0.1) is 0 Å². The van der Waals surface area contributed by atoms with Crippen LogP contribution in [0, 0.1) is 19.8 Å². The van der Waals surface area contributed by atoms with Gasteiger partial charge >= 0.3 is 0 Å². The van der Waals surface area contributed by atoms with Gasteiger partial charge in [0.2, 0.25) is 21.7 Å². The average Bonchev–Trinajstić information content (AvgIpc) is 3.39. The van der Waals surface area contributed by atoms with Crippen molar-refractivity contribution in [1.29, 1.82) is 0 Å². The van der Waals surface area contributed by atoms with E-state index in [-0.39, 0.29) is 42.0 Å². The molecule has 5 rings (SSSR count). The topological polar surface area (TPSA) is 140 Å². The van der Waals surface area contributed by atoms with Crippen LogP contribution in [-0.4, -0.2) is 101 Å². The third-order valence-corrected chi connectivity index (χ3v) is 10.9. The molecule has 1 saturated heterocycles. The first-order chi connectivity index (χ1) is 21.6. The molecule has 1 aromatic carbocycles. The first-order valence-electron chi connectivity index (χ1n) is 15.4. The molecule has 2 aliphatic heterocycles. The van der Waals surface area contributed by atoms with Gasteiger partial charge in [0, 0.05) is 69.3 Å². The summed E-state index contributed by atoms with van der Waals surface area (Å²) in [6, 6.07) is 3.96. The van der Waals surface area contributed by atoms with E-state index in [2.05, 4.69) is 26.3 Å². The molecule has 1 fully saturated rings. The lowest BCUT2D eigenvalue weighted by molar-refractivity contribution is -0.121. The third kappa shape index (κ3) is 6.68. The number of carbonyl (C=O) groups excluding carboxylic acids is 1. The number of anilines is 1. The highest BCUT2D eigenvalue weighted by molar-refractivity contribution is 7.89. The number of aromatic nitrogens is 2. The number of ether oxygens (including phenoxy) is 3. The second-order valence-corrected chi connectivity index (χ2v) is 13.5. The average molecular weight is 645 g/mol. The number of likely N-dealkylation sites (N-methyl/N-ethyl adjacent to an activating group) is 1. The predicted molar refractivity (Wildman–Crippen MR) is 170 cm³/mol. The highest BCUT2D eigenvalue weighted by atomic mass is 32.2. The smallest absolute Gasteiger partial charge is 0.248 e. The molecule has 2 bridgehead atoms. The second-order valence-electron chi connectivity index (χ2n) is 11.6. The van der Waals surface area contributed by atoms with E-state index in [1.807, 2.05) is 13.0 Å². The lowest BCUT2D eigenvalue weighted by Crippen LogP contribution is -2.42.